The topological polar surface area (TPSA) is 65.2 Å². The van der Waals surface area contributed by atoms with Crippen LogP contribution < -0.4 is 4.90 Å². The van der Waals surface area contributed by atoms with E-state index < -0.39 is 12.6 Å². The van der Waals surface area contributed by atoms with E-state index in [4.69, 9.17) is 5.26 Å². The molecule has 25 heavy (non-hydrogen) atoms. The molecule has 0 N–H and O–H groups in total. The molecule has 1 amide bonds. The van der Waals surface area contributed by atoms with Gasteiger partial charge in [-0.2, -0.15) is 14.0 Å². The number of carbonyl (C=O) groups excluding carboxylic acids is 1. The first-order valence-electron chi connectivity index (χ1n) is 7.83. The first kappa shape index (κ1) is 17.0. The van der Waals surface area contributed by atoms with Crippen LogP contribution in [-0.4, -0.2) is 40.0 Å². The van der Waals surface area contributed by atoms with Crippen molar-refractivity contribution < 1.29 is 13.6 Å². The van der Waals surface area contributed by atoms with E-state index in [0.29, 0.717) is 18.5 Å². The van der Waals surface area contributed by atoms with Gasteiger partial charge in [-0.15, -0.1) is 0 Å². The Morgan fingerprint density at radius 3 is 2.76 bits per heavy atom. The normalized spacial score (nSPS) is 17.5. The highest BCUT2D eigenvalue weighted by Crippen LogP contribution is 2.25. The standard InChI is InChI=1S/C17H17F2N5O/c1-22(11-15-21-7-9-24(15)17(18)19)14-6-8-23(16(14)25)13-4-2-12(10-20)3-5-13/h2-5,7,9,14,17H,6,8,11H2,1H3/t14-/m1/s1. The Kier molecular flexibility index (Phi) is 4.76. The zero-order chi connectivity index (χ0) is 18.0. The number of rotatable bonds is 5. The molecule has 6 nitrogen and oxygen atoms in total. The van der Waals surface area contributed by atoms with Crippen LogP contribution in [0.4, 0.5) is 14.5 Å². The van der Waals surface area contributed by atoms with Crippen LogP contribution in [0, 0.1) is 11.3 Å². The number of carbonyl (C=O) groups is 1. The number of hydrogen-bond acceptors (Lipinski definition) is 4. The number of nitriles is 1. The number of imidazole rings is 1. The molecule has 2 aromatic rings. The summed E-state index contributed by atoms with van der Waals surface area (Å²) in [6, 6.07) is 8.46. The molecule has 2 heterocycles. The molecule has 0 radical (unpaired) electrons. The zero-order valence-electron chi connectivity index (χ0n) is 13.6. The zero-order valence-corrected chi connectivity index (χ0v) is 13.6. The maximum absolute atomic E-state index is 12.9. The molecule has 0 unspecified atom stereocenters. The molecule has 3 rings (SSSR count). The number of benzene rings is 1. The quantitative estimate of drug-likeness (QED) is 0.835. The molecule has 0 aliphatic carbocycles. The molecule has 1 aromatic heterocycles. The Labute approximate surface area is 143 Å². The average Bonchev–Trinajstić information content (AvgIpc) is 3.21. The van der Waals surface area contributed by atoms with E-state index in [1.807, 2.05) is 6.07 Å². The third-order valence-electron chi connectivity index (χ3n) is 4.37. The van der Waals surface area contributed by atoms with Crippen LogP contribution in [0.2, 0.25) is 0 Å². The van der Waals surface area contributed by atoms with Crippen LogP contribution in [-0.2, 0) is 11.3 Å². The lowest BCUT2D eigenvalue weighted by atomic mass is 10.2. The van der Waals surface area contributed by atoms with Crippen molar-refractivity contribution in [1.29, 1.82) is 5.26 Å². The van der Waals surface area contributed by atoms with Crippen molar-refractivity contribution in [3.63, 3.8) is 0 Å². The number of nitrogens with zero attached hydrogens (tertiary/aromatic N) is 5. The Bertz CT molecular complexity index is 796. The third-order valence-corrected chi connectivity index (χ3v) is 4.37. The number of anilines is 1. The molecule has 1 aliphatic rings. The summed E-state index contributed by atoms with van der Waals surface area (Å²) in [4.78, 5) is 20.0. The predicted octanol–water partition coefficient (Wildman–Crippen LogP) is 2.39. The van der Waals surface area contributed by atoms with Gasteiger partial charge in [-0.3, -0.25) is 14.3 Å². The van der Waals surface area contributed by atoms with Crippen molar-refractivity contribution in [1.82, 2.24) is 14.5 Å². The van der Waals surface area contributed by atoms with Gasteiger partial charge in [0.15, 0.2) is 0 Å². The van der Waals surface area contributed by atoms with Crippen molar-refractivity contribution in [3.05, 3.63) is 48.0 Å². The molecule has 0 bridgehead atoms. The Morgan fingerprint density at radius 1 is 1.40 bits per heavy atom. The van der Waals surface area contributed by atoms with Crippen LogP contribution >= 0.6 is 0 Å². The first-order chi connectivity index (χ1) is 12.0. The first-order valence-corrected chi connectivity index (χ1v) is 7.83. The lowest BCUT2D eigenvalue weighted by Gasteiger charge is -2.23. The molecule has 1 saturated heterocycles. The van der Waals surface area contributed by atoms with Crippen LogP contribution in [0.15, 0.2) is 36.7 Å². The smallest absolute Gasteiger partial charge is 0.311 e. The monoisotopic (exact) mass is 345 g/mol. The summed E-state index contributed by atoms with van der Waals surface area (Å²) < 4.78 is 26.6. The molecule has 130 valence electrons. The summed E-state index contributed by atoms with van der Waals surface area (Å²) in [5.74, 6) is 0.143. The number of aromatic nitrogens is 2. The fourth-order valence-electron chi connectivity index (χ4n) is 3.02. The van der Waals surface area contributed by atoms with E-state index in [1.54, 1.807) is 41.1 Å². The molecule has 1 aliphatic heterocycles. The summed E-state index contributed by atoms with van der Waals surface area (Å²) in [7, 11) is 1.73. The lowest BCUT2D eigenvalue weighted by molar-refractivity contribution is -0.121. The van der Waals surface area contributed by atoms with Crippen molar-refractivity contribution in [3.8, 4) is 6.07 Å². The maximum Gasteiger partial charge on any atom is 0.319 e. The minimum absolute atomic E-state index is 0.0811. The Morgan fingerprint density at radius 2 is 2.12 bits per heavy atom. The maximum atomic E-state index is 12.9. The van der Waals surface area contributed by atoms with Gasteiger partial charge in [-0.25, -0.2) is 4.98 Å². The summed E-state index contributed by atoms with van der Waals surface area (Å²) in [5, 5.41) is 8.85. The van der Waals surface area contributed by atoms with E-state index in [9.17, 15) is 13.6 Å². The SMILES string of the molecule is CN(Cc1nccn1C(F)F)[C@@H]1CCN(c2ccc(C#N)cc2)C1=O. The highest BCUT2D eigenvalue weighted by molar-refractivity contribution is 5.99. The van der Waals surface area contributed by atoms with Crippen molar-refractivity contribution in [2.75, 3.05) is 18.5 Å². The molecule has 1 fully saturated rings. The highest BCUT2D eigenvalue weighted by atomic mass is 19.3. The number of alkyl halides is 2. The Hall–Kier alpha value is -2.79. The van der Waals surface area contributed by atoms with Crippen LogP contribution in [0.3, 0.4) is 0 Å². The van der Waals surface area contributed by atoms with E-state index in [-0.39, 0.29) is 18.3 Å². The second kappa shape index (κ2) is 6.99. The van der Waals surface area contributed by atoms with Crippen molar-refractivity contribution >= 4 is 11.6 Å². The molecule has 1 atom stereocenters. The predicted molar refractivity (Wildman–Crippen MR) is 86.9 cm³/mol. The Balaban J connectivity index is 1.70. The number of amides is 1. The number of hydrogen-bond donors (Lipinski definition) is 0. The number of halogens is 2. The molecule has 1 aromatic carbocycles. The third kappa shape index (κ3) is 3.37. The van der Waals surface area contributed by atoms with Gasteiger partial charge in [0, 0.05) is 24.6 Å². The fourth-order valence-corrected chi connectivity index (χ4v) is 3.02. The minimum atomic E-state index is -2.65. The fraction of sp³-hybridized carbons (Fsp3) is 0.353. The molecular weight excluding hydrogens is 328 g/mol. The van der Waals surface area contributed by atoms with Crippen LogP contribution in [0.5, 0.6) is 0 Å². The van der Waals surface area contributed by atoms with Crippen molar-refractivity contribution in [2.45, 2.75) is 25.6 Å². The van der Waals surface area contributed by atoms with Gasteiger partial charge >= 0.3 is 6.55 Å². The summed E-state index contributed by atoms with van der Waals surface area (Å²) >= 11 is 0. The van der Waals surface area contributed by atoms with E-state index in [2.05, 4.69) is 4.98 Å². The highest BCUT2D eigenvalue weighted by Gasteiger charge is 2.35. The van der Waals surface area contributed by atoms with E-state index in [1.165, 1.54) is 12.4 Å². The van der Waals surface area contributed by atoms with Gasteiger partial charge in [0.1, 0.15) is 5.82 Å². The van der Waals surface area contributed by atoms with Crippen LogP contribution in [0.1, 0.15) is 24.4 Å². The summed E-state index contributed by atoms with van der Waals surface area (Å²) in [5.41, 5.74) is 1.26. The average molecular weight is 345 g/mol. The minimum Gasteiger partial charge on any atom is -0.311 e. The summed E-state index contributed by atoms with van der Waals surface area (Å²) in [6.45, 7) is -1.95. The second-order valence-electron chi connectivity index (χ2n) is 5.90. The van der Waals surface area contributed by atoms with Crippen molar-refractivity contribution in [2.24, 2.45) is 0 Å². The molecular formula is C17H17F2N5O. The van der Waals surface area contributed by atoms with Crippen LogP contribution in [0.25, 0.3) is 0 Å². The second-order valence-corrected chi connectivity index (χ2v) is 5.90. The van der Waals surface area contributed by atoms with Gasteiger partial charge in [0.05, 0.1) is 24.2 Å². The summed E-state index contributed by atoms with van der Waals surface area (Å²) in [6.07, 6.45) is 3.16. The number of likely N-dealkylation sites (N-methyl/N-ethyl adjacent to an activating group) is 1. The lowest BCUT2D eigenvalue weighted by Crippen LogP contribution is -2.39. The van der Waals surface area contributed by atoms with Gasteiger partial charge in [-0.1, -0.05) is 0 Å². The van der Waals surface area contributed by atoms with E-state index in [0.717, 1.165) is 10.3 Å². The van der Waals surface area contributed by atoms with Gasteiger partial charge in [0.2, 0.25) is 5.91 Å². The van der Waals surface area contributed by atoms with E-state index >= 15 is 0 Å². The van der Waals surface area contributed by atoms with Gasteiger partial charge in [0.25, 0.3) is 0 Å². The molecule has 0 spiro atoms. The van der Waals surface area contributed by atoms with Gasteiger partial charge in [-0.05, 0) is 37.7 Å². The molecule has 0 saturated carbocycles. The largest absolute Gasteiger partial charge is 0.319 e. The molecule has 8 heteroatoms. The van der Waals surface area contributed by atoms with Gasteiger partial charge < -0.3 is 4.90 Å².